The third-order valence-corrected chi connectivity index (χ3v) is 3.04. The van der Waals surface area contributed by atoms with Gasteiger partial charge >= 0.3 is 5.97 Å². The highest BCUT2D eigenvalue weighted by Gasteiger charge is 2.29. The van der Waals surface area contributed by atoms with Crippen LogP contribution in [0.2, 0.25) is 5.22 Å². The molecule has 5 nitrogen and oxygen atoms in total. The van der Waals surface area contributed by atoms with E-state index in [0.717, 1.165) is 0 Å². The minimum Gasteiger partial charge on any atom is -0.481 e. The van der Waals surface area contributed by atoms with Gasteiger partial charge in [-0.25, -0.2) is 0 Å². The van der Waals surface area contributed by atoms with E-state index in [0.29, 0.717) is 19.4 Å². The van der Waals surface area contributed by atoms with E-state index >= 15 is 0 Å². The van der Waals surface area contributed by atoms with Crippen molar-refractivity contribution in [1.29, 1.82) is 0 Å². The molecule has 1 aliphatic heterocycles. The van der Waals surface area contributed by atoms with Crippen LogP contribution in [-0.2, 0) is 4.79 Å². The second-order valence-corrected chi connectivity index (χ2v) is 4.40. The van der Waals surface area contributed by atoms with Gasteiger partial charge in [0.2, 0.25) is 0 Å². The van der Waals surface area contributed by atoms with Crippen LogP contribution in [0, 0.1) is 5.92 Å². The second-order valence-electron chi connectivity index (χ2n) is 4.03. The van der Waals surface area contributed by atoms with E-state index in [9.17, 15) is 9.59 Å². The van der Waals surface area contributed by atoms with Crippen molar-refractivity contribution >= 4 is 23.5 Å². The van der Waals surface area contributed by atoms with E-state index < -0.39 is 11.9 Å². The van der Waals surface area contributed by atoms with Gasteiger partial charge in [-0.15, -0.1) is 0 Å². The molecular formula is C11H12ClNO4. The highest BCUT2D eigenvalue weighted by atomic mass is 35.5. The molecule has 6 heteroatoms. The third kappa shape index (κ3) is 2.61. The average molecular weight is 258 g/mol. The van der Waals surface area contributed by atoms with Crippen LogP contribution in [-0.4, -0.2) is 35.0 Å². The summed E-state index contributed by atoms with van der Waals surface area (Å²) in [6.45, 7) is 0.785. The first-order valence-electron chi connectivity index (χ1n) is 5.35. The number of carbonyl (C=O) groups excluding carboxylic acids is 1. The number of furan rings is 1. The Kier molecular flexibility index (Phi) is 3.38. The summed E-state index contributed by atoms with van der Waals surface area (Å²) in [6.07, 6.45) is 1.30. The molecule has 2 rings (SSSR count). The van der Waals surface area contributed by atoms with Crippen molar-refractivity contribution in [1.82, 2.24) is 4.90 Å². The fourth-order valence-electron chi connectivity index (χ4n) is 1.95. The highest BCUT2D eigenvalue weighted by Crippen LogP contribution is 2.20. The van der Waals surface area contributed by atoms with Crippen molar-refractivity contribution in [3.63, 3.8) is 0 Å². The van der Waals surface area contributed by atoms with Crippen LogP contribution in [0.25, 0.3) is 0 Å². The Morgan fingerprint density at radius 1 is 1.47 bits per heavy atom. The maximum atomic E-state index is 12.0. The summed E-state index contributed by atoms with van der Waals surface area (Å²) in [5.41, 5.74) is 0. The van der Waals surface area contributed by atoms with E-state index in [-0.39, 0.29) is 23.4 Å². The van der Waals surface area contributed by atoms with Gasteiger partial charge in [-0.2, -0.15) is 0 Å². The molecule has 0 saturated carbocycles. The number of carboxylic acids is 1. The molecule has 1 N–H and O–H groups in total. The van der Waals surface area contributed by atoms with Crippen LogP contribution in [0.3, 0.4) is 0 Å². The fraction of sp³-hybridized carbons (Fsp3) is 0.455. The number of hydrogen-bond donors (Lipinski definition) is 1. The Morgan fingerprint density at radius 3 is 2.82 bits per heavy atom. The summed E-state index contributed by atoms with van der Waals surface area (Å²) in [5, 5.41) is 9.08. The zero-order valence-electron chi connectivity index (χ0n) is 9.06. The number of aliphatic carboxylic acids is 1. The Bertz CT molecular complexity index is 442. The molecule has 17 heavy (non-hydrogen) atoms. The maximum Gasteiger partial charge on any atom is 0.308 e. The number of piperidine rings is 1. The predicted molar refractivity (Wildman–Crippen MR) is 60.0 cm³/mol. The number of likely N-dealkylation sites (tertiary alicyclic amines) is 1. The summed E-state index contributed by atoms with van der Waals surface area (Å²) in [6, 6.07) is 2.99. The molecule has 1 aromatic heterocycles. The lowest BCUT2D eigenvalue weighted by Gasteiger charge is -2.29. The van der Waals surface area contributed by atoms with E-state index in [1.807, 2.05) is 0 Å². The van der Waals surface area contributed by atoms with Crippen molar-refractivity contribution in [2.24, 2.45) is 5.92 Å². The highest BCUT2D eigenvalue weighted by molar-refractivity contribution is 6.29. The number of carbonyl (C=O) groups is 2. The quantitative estimate of drug-likeness (QED) is 0.878. The van der Waals surface area contributed by atoms with Gasteiger partial charge in [0.1, 0.15) is 0 Å². The molecule has 0 spiro atoms. The largest absolute Gasteiger partial charge is 0.481 e. The van der Waals surface area contributed by atoms with Crippen LogP contribution in [0.4, 0.5) is 0 Å². The van der Waals surface area contributed by atoms with Crippen LogP contribution in [0.5, 0.6) is 0 Å². The molecule has 1 saturated heterocycles. The number of amides is 1. The lowest BCUT2D eigenvalue weighted by atomic mass is 9.98. The van der Waals surface area contributed by atoms with Crippen LogP contribution in [0.1, 0.15) is 23.4 Å². The van der Waals surface area contributed by atoms with E-state index in [1.54, 1.807) is 0 Å². The summed E-state index contributed by atoms with van der Waals surface area (Å²) in [4.78, 5) is 24.3. The number of hydrogen-bond acceptors (Lipinski definition) is 3. The van der Waals surface area contributed by atoms with Gasteiger partial charge < -0.3 is 14.4 Å². The number of nitrogens with zero attached hydrogens (tertiary/aromatic N) is 1. The molecule has 0 radical (unpaired) electrons. The summed E-state index contributed by atoms with van der Waals surface area (Å²) < 4.78 is 5.02. The molecular weight excluding hydrogens is 246 g/mol. The standard InChI is InChI=1S/C11H12ClNO4/c12-9-4-3-8(17-9)10(14)13-5-1-2-7(6-13)11(15)16/h3-4,7H,1-2,5-6H2,(H,15,16). The molecule has 1 aromatic rings. The number of carboxylic acid groups (broad SMARTS) is 1. The van der Waals surface area contributed by atoms with Gasteiger partial charge in [-0.3, -0.25) is 9.59 Å². The van der Waals surface area contributed by atoms with Gasteiger partial charge in [-0.05, 0) is 36.6 Å². The maximum absolute atomic E-state index is 12.0. The lowest BCUT2D eigenvalue weighted by molar-refractivity contribution is -0.143. The van der Waals surface area contributed by atoms with Crippen LogP contribution < -0.4 is 0 Å². The molecule has 92 valence electrons. The average Bonchev–Trinajstić information content (AvgIpc) is 2.75. The summed E-state index contributed by atoms with van der Waals surface area (Å²) >= 11 is 5.59. The lowest BCUT2D eigenvalue weighted by Crippen LogP contribution is -2.42. The van der Waals surface area contributed by atoms with Gasteiger partial charge in [-0.1, -0.05) is 0 Å². The molecule has 1 aliphatic rings. The molecule has 1 unspecified atom stereocenters. The van der Waals surface area contributed by atoms with Gasteiger partial charge in [0, 0.05) is 13.1 Å². The van der Waals surface area contributed by atoms with Gasteiger partial charge in [0.25, 0.3) is 5.91 Å². The van der Waals surface area contributed by atoms with Crippen LogP contribution in [0.15, 0.2) is 16.5 Å². The number of halogens is 1. The Morgan fingerprint density at radius 2 is 2.24 bits per heavy atom. The SMILES string of the molecule is O=C(O)C1CCCN(C(=O)c2ccc(Cl)o2)C1. The molecule has 0 bridgehead atoms. The molecule has 0 aliphatic carbocycles. The topological polar surface area (TPSA) is 70.8 Å². The van der Waals surface area contributed by atoms with Crippen molar-refractivity contribution in [3.05, 3.63) is 23.1 Å². The number of rotatable bonds is 2. The zero-order chi connectivity index (χ0) is 12.4. The monoisotopic (exact) mass is 257 g/mol. The summed E-state index contributed by atoms with van der Waals surface area (Å²) in [5.74, 6) is -1.50. The van der Waals surface area contributed by atoms with Gasteiger partial charge in [0.05, 0.1) is 5.92 Å². The first-order chi connectivity index (χ1) is 8.08. The molecule has 1 fully saturated rings. The van der Waals surface area contributed by atoms with Crippen molar-refractivity contribution in [2.75, 3.05) is 13.1 Å². The Hall–Kier alpha value is -1.49. The molecule has 0 aromatic carbocycles. The van der Waals surface area contributed by atoms with Crippen molar-refractivity contribution in [2.45, 2.75) is 12.8 Å². The van der Waals surface area contributed by atoms with Gasteiger partial charge in [0.15, 0.2) is 11.0 Å². The Labute approximate surface area is 103 Å². The molecule has 1 amide bonds. The van der Waals surface area contributed by atoms with E-state index in [1.165, 1.54) is 17.0 Å². The minimum atomic E-state index is -0.861. The normalized spacial score (nSPS) is 20.3. The zero-order valence-corrected chi connectivity index (χ0v) is 9.81. The first-order valence-corrected chi connectivity index (χ1v) is 5.73. The smallest absolute Gasteiger partial charge is 0.308 e. The van der Waals surface area contributed by atoms with E-state index in [4.69, 9.17) is 21.1 Å². The Balaban J connectivity index is 2.07. The van der Waals surface area contributed by atoms with Crippen molar-refractivity contribution < 1.29 is 19.1 Å². The summed E-state index contributed by atoms with van der Waals surface area (Å²) in [7, 11) is 0. The molecule has 2 heterocycles. The fourth-order valence-corrected chi connectivity index (χ4v) is 2.09. The first kappa shape index (κ1) is 12.0. The van der Waals surface area contributed by atoms with E-state index in [2.05, 4.69) is 0 Å². The minimum absolute atomic E-state index is 0.153. The second kappa shape index (κ2) is 4.79. The molecule has 1 atom stereocenters. The predicted octanol–water partition coefficient (Wildman–Crippen LogP) is 1.87. The third-order valence-electron chi connectivity index (χ3n) is 2.84. The van der Waals surface area contributed by atoms with Crippen molar-refractivity contribution in [3.8, 4) is 0 Å². The van der Waals surface area contributed by atoms with Crippen LogP contribution >= 0.6 is 11.6 Å².